The van der Waals surface area contributed by atoms with E-state index in [4.69, 9.17) is 5.11 Å². The SMILES string of the molecule is CCN(CC)CC(CC(=O)O)C(=O)c1ccc(C)c(C)c1. The van der Waals surface area contributed by atoms with E-state index >= 15 is 0 Å². The second-order valence-electron chi connectivity index (χ2n) is 5.44. The molecule has 1 unspecified atom stereocenters. The van der Waals surface area contributed by atoms with Gasteiger partial charge in [0.2, 0.25) is 0 Å². The second kappa shape index (κ2) is 7.93. The van der Waals surface area contributed by atoms with Gasteiger partial charge in [-0.3, -0.25) is 9.59 Å². The Morgan fingerprint density at radius 1 is 1.14 bits per heavy atom. The van der Waals surface area contributed by atoms with Crippen LogP contribution in [0.2, 0.25) is 0 Å². The van der Waals surface area contributed by atoms with Crippen LogP contribution in [0, 0.1) is 19.8 Å². The van der Waals surface area contributed by atoms with E-state index in [2.05, 4.69) is 4.90 Å². The number of nitrogens with zero attached hydrogens (tertiary/aromatic N) is 1. The molecule has 4 heteroatoms. The first kappa shape index (κ1) is 17.4. The summed E-state index contributed by atoms with van der Waals surface area (Å²) in [6.45, 7) is 10.1. The van der Waals surface area contributed by atoms with Crippen molar-refractivity contribution < 1.29 is 14.7 Å². The van der Waals surface area contributed by atoms with Crippen molar-refractivity contribution in [3.05, 3.63) is 34.9 Å². The van der Waals surface area contributed by atoms with Crippen LogP contribution >= 0.6 is 0 Å². The first-order chi connectivity index (χ1) is 9.88. The van der Waals surface area contributed by atoms with Gasteiger partial charge in [0.05, 0.1) is 6.42 Å². The fraction of sp³-hybridized carbons (Fsp3) is 0.529. The summed E-state index contributed by atoms with van der Waals surface area (Å²) in [7, 11) is 0. The molecule has 0 radical (unpaired) electrons. The lowest BCUT2D eigenvalue weighted by Gasteiger charge is -2.23. The number of aliphatic carboxylic acids is 1. The molecule has 0 aromatic heterocycles. The van der Waals surface area contributed by atoms with Crippen molar-refractivity contribution in [1.82, 2.24) is 4.90 Å². The number of carboxylic acids is 1. The highest BCUT2D eigenvalue weighted by molar-refractivity contribution is 5.99. The van der Waals surface area contributed by atoms with Crippen LogP contribution in [0.15, 0.2) is 18.2 Å². The summed E-state index contributed by atoms with van der Waals surface area (Å²) in [5.41, 5.74) is 2.79. The zero-order valence-electron chi connectivity index (χ0n) is 13.3. The molecule has 0 aliphatic heterocycles. The lowest BCUT2D eigenvalue weighted by Crippen LogP contribution is -2.34. The van der Waals surface area contributed by atoms with Crippen LogP contribution in [-0.2, 0) is 4.79 Å². The van der Waals surface area contributed by atoms with Gasteiger partial charge < -0.3 is 10.0 Å². The number of ketones is 1. The first-order valence-electron chi connectivity index (χ1n) is 7.44. The Hall–Kier alpha value is -1.68. The third-order valence-corrected chi connectivity index (χ3v) is 3.96. The topological polar surface area (TPSA) is 57.6 Å². The lowest BCUT2D eigenvalue weighted by atomic mass is 9.92. The minimum Gasteiger partial charge on any atom is -0.481 e. The fourth-order valence-corrected chi connectivity index (χ4v) is 2.37. The van der Waals surface area contributed by atoms with Gasteiger partial charge in [-0.05, 0) is 44.1 Å². The average molecular weight is 291 g/mol. The minimum absolute atomic E-state index is 0.0765. The molecule has 116 valence electrons. The summed E-state index contributed by atoms with van der Waals surface area (Å²) >= 11 is 0. The molecule has 4 nitrogen and oxygen atoms in total. The van der Waals surface area contributed by atoms with Crippen molar-refractivity contribution in [2.45, 2.75) is 34.1 Å². The molecule has 0 aliphatic rings. The Balaban J connectivity index is 2.97. The molecule has 1 aromatic rings. The Kier molecular flexibility index (Phi) is 6.56. The van der Waals surface area contributed by atoms with Gasteiger partial charge in [-0.2, -0.15) is 0 Å². The molecule has 0 spiro atoms. The molecule has 0 heterocycles. The number of aryl methyl sites for hydroxylation is 2. The quantitative estimate of drug-likeness (QED) is 0.748. The van der Waals surface area contributed by atoms with Crippen molar-refractivity contribution >= 4 is 11.8 Å². The van der Waals surface area contributed by atoms with E-state index in [-0.39, 0.29) is 12.2 Å². The van der Waals surface area contributed by atoms with Crippen LogP contribution in [0.25, 0.3) is 0 Å². The van der Waals surface area contributed by atoms with Crippen LogP contribution in [-0.4, -0.2) is 41.4 Å². The summed E-state index contributed by atoms with van der Waals surface area (Å²) in [4.78, 5) is 25.8. The molecule has 0 saturated heterocycles. The van der Waals surface area contributed by atoms with E-state index in [0.717, 1.165) is 24.2 Å². The van der Waals surface area contributed by atoms with E-state index in [1.165, 1.54) is 0 Å². The number of carbonyl (C=O) groups is 2. The summed E-state index contributed by atoms with van der Waals surface area (Å²) in [6.07, 6.45) is -0.123. The van der Waals surface area contributed by atoms with Crippen molar-refractivity contribution in [2.75, 3.05) is 19.6 Å². The zero-order chi connectivity index (χ0) is 16.0. The van der Waals surface area contributed by atoms with Crippen LogP contribution < -0.4 is 0 Å². The molecular formula is C17H25NO3. The second-order valence-corrected chi connectivity index (χ2v) is 5.44. The highest BCUT2D eigenvalue weighted by atomic mass is 16.4. The highest BCUT2D eigenvalue weighted by Crippen LogP contribution is 2.17. The molecule has 0 fully saturated rings. The molecule has 0 bridgehead atoms. The predicted octanol–water partition coefficient (Wildman–Crippen LogP) is 2.92. The standard InChI is InChI=1S/C17H25NO3/c1-5-18(6-2)11-15(10-16(19)20)17(21)14-8-7-12(3)13(4)9-14/h7-9,15H,5-6,10-11H2,1-4H3,(H,19,20). The van der Waals surface area contributed by atoms with Gasteiger partial charge in [0.25, 0.3) is 0 Å². The van der Waals surface area contributed by atoms with Gasteiger partial charge in [0, 0.05) is 18.0 Å². The van der Waals surface area contributed by atoms with Gasteiger partial charge >= 0.3 is 5.97 Å². The van der Waals surface area contributed by atoms with Crippen molar-refractivity contribution in [1.29, 1.82) is 0 Å². The monoisotopic (exact) mass is 291 g/mol. The maximum Gasteiger partial charge on any atom is 0.304 e. The summed E-state index contributed by atoms with van der Waals surface area (Å²) in [5, 5.41) is 9.07. The van der Waals surface area contributed by atoms with Crippen molar-refractivity contribution in [3.63, 3.8) is 0 Å². The first-order valence-corrected chi connectivity index (χ1v) is 7.44. The number of carbonyl (C=O) groups excluding carboxylic acids is 1. The maximum absolute atomic E-state index is 12.6. The number of Topliss-reactive ketones (excluding diaryl/α,β-unsaturated/α-hetero) is 1. The molecule has 0 amide bonds. The highest BCUT2D eigenvalue weighted by Gasteiger charge is 2.24. The molecule has 0 aliphatic carbocycles. The largest absolute Gasteiger partial charge is 0.481 e. The average Bonchev–Trinajstić information content (AvgIpc) is 2.45. The maximum atomic E-state index is 12.6. The van der Waals surface area contributed by atoms with E-state index in [1.54, 1.807) is 6.07 Å². The lowest BCUT2D eigenvalue weighted by molar-refractivity contribution is -0.137. The number of benzene rings is 1. The third-order valence-electron chi connectivity index (χ3n) is 3.96. The minimum atomic E-state index is -0.927. The Labute approximate surface area is 126 Å². The van der Waals surface area contributed by atoms with Gasteiger partial charge in [0.15, 0.2) is 5.78 Å². The van der Waals surface area contributed by atoms with Crippen molar-refractivity contribution in [3.8, 4) is 0 Å². The summed E-state index contributed by atoms with van der Waals surface area (Å²) in [6, 6.07) is 5.56. The molecule has 1 atom stereocenters. The van der Waals surface area contributed by atoms with Gasteiger partial charge in [0.1, 0.15) is 0 Å². The molecule has 0 saturated carbocycles. The van der Waals surface area contributed by atoms with Gasteiger partial charge in [-0.15, -0.1) is 0 Å². The van der Waals surface area contributed by atoms with E-state index in [1.807, 2.05) is 39.8 Å². The molecule has 1 N–H and O–H groups in total. The molecule has 1 rings (SSSR count). The predicted molar refractivity (Wildman–Crippen MR) is 83.8 cm³/mol. The molecule has 1 aromatic carbocycles. The van der Waals surface area contributed by atoms with Gasteiger partial charge in [-0.25, -0.2) is 0 Å². The van der Waals surface area contributed by atoms with Crippen LogP contribution in [0.3, 0.4) is 0 Å². The fourth-order valence-electron chi connectivity index (χ4n) is 2.37. The van der Waals surface area contributed by atoms with Crippen LogP contribution in [0.4, 0.5) is 0 Å². The number of hydrogen-bond acceptors (Lipinski definition) is 3. The number of carboxylic acid groups (broad SMARTS) is 1. The Morgan fingerprint density at radius 3 is 2.24 bits per heavy atom. The van der Waals surface area contributed by atoms with Crippen LogP contribution in [0.1, 0.15) is 41.8 Å². The van der Waals surface area contributed by atoms with Crippen molar-refractivity contribution in [2.24, 2.45) is 5.92 Å². The molecular weight excluding hydrogens is 266 g/mol. The van der Waals surface area contributed by atoms with E-state index < -0.39 is 11.9 Å². The number of rotatable bonds is 8. The zero-order valence-corrected chi connectivity index (χ0v) is 13.3. The van der Waals surface area contributed by atoms with Crippen LogP contribution in [0.5, 0.6) is 0 Å². The summed E-state index contributed by atoms with van der Waals surface area (Å²) < 4.78 is 0. The third kappa shape index (κ3) is 4.97. The summed E-state index contributed by atoms with van der Waals surface area (Å²) in [5.74, 6) is -1.50. The Bertz CT molecular complexity index is 507. The normalized spacial score (nSPS) is 12.4. The van der Waals surface area contributed by atoms with Gasteiger partial charge in [-0.1, -0.05) is 26.0 Å². The smallest absolute Gasteiger partial charge is 0.304 e. The molecule has 21 heavy (non-hydrogen) atoms. The Morgan fingerprint density at radius 2 is 1.76 bits per heavy atom. The van der Waals surface area contributed by atoms with E-state index in [9.17, 15) is 9.59 Å². The van der Waals surface area contributed by atoms with E-state index in [0.29, 0.717) is 12.1 Å². The number of hydrogen-bond donors (Lipinski definition) is 1.